The molecule has 0 aliphatic carbocycles. The Kier molecular flexibility index (Phi) is 4.91. The van der Waals surface area contributed by atoms with Gasteiger partial charge in [-0.15, -0.1) is 0 Å². The van der Waals surface area contributed by atoms with Gasteiger partial charge in [0.05, 0.1) is 22.8 Å². The quantitative estimate of drug-likeness (QED) is 0.350. The van der Waals surface area contributed by atoms with Gasteiger partial charge in [0.25, 0.3) is 0 Å². The number of nitrogens with zero attached hydrogens (tertiary/aromatic N) is 3. The van der Waals surface area contributed by atoms with Crippen LogP contribution in [0.25, 0.3) is 33.9 Å². The summed E-state index contributed by atoms with van der Waals surface area (Å²) >= 11 is 7.13. The predicted octanol–water partition coefficient (Wildman–Crippen LogP) is 6.40. The average Bonchev–Trinajstić information content (AvgIpc) is 2.68. The van der Waals surface area contributed by atoms with Crippen molar-refractivity contribution in [1.82, 2.24) is 15.0 Å². The molecule has 0 atom stereocenters. The third-order valence-corrected chi connectivity index (χ3v) is 4.79. The maximum Gasteiger partial charge on any atom is 0.0900 e. The van der Waals surface area contributed by atoms with E-state index in [2.05, 4.69) is 66.1 Å². The number of pyridine rings is 3. The highest BCUT2D eigenvalue weighted by Gasteiger charge is 2.11. The maximum atomic E-state index is 4.80. The minimum atomic E-state index is 0.819. The summed E-state index contributed by atoms with van der Waals surface area (Å²) in [5, 5.41) is 0. The first-order valence-corrected chi connectivity index (χ1v) is 9.59. The van der Waals surface area contributed by atoms with E-state index in [9.17, 15) is 0 Å². The summed E-state index contributed by atoms with van der Waals surface area (Å²) in [4.78, 5) is 13.7. The number of halogens is 2. The van der Waals surface area contributed by atoms with Crippen molar-refractivity contribution < 1.29 is 0 Å². The van der Waals surface area contributed by atoms with Crippen LogP contribution in [0.2, 0.25) is 0 Å². The number of benzene rings is 1. The van der Waals surface area contributed by atoms with Crippen molar-refractivity contribution in [2.45, 2.75) is 0 Å². The minimum absolute atomic E-state index is 0.819. The molecular weight excluding hydrogens is 454 g/mol. The van der Waals surface area contributed by atoms with Gasteiger partial charge >= 0.3 is 0 Å². The second-order valence-corrected chi connectivity index (χ2v) is 7.55. The van der Waals surface area contributed by atoms with Gasteiger partial charge in [-0.25, -0.2) is 4.98 Å². The van der Waals surface area contributed by atoms with Crippen LogP contribution in [0, 0.1) is 0 Å². The second kappa shape index (κ2) is 7.48. The van der Waals surface area contributed by atoms with Crippen LogP contribution in [0.1, 0.15) is 0 Å². The molecule has 4 aromatic rings. The Balaban J connectivity index is 1.93. The van der Waals surface area contributed by atoms with Gasteiger partial charge < -0.3 is 0 Å². The number of hydrogen-bond donors (Lipinski definition) is 0. The second-order valence-electron chi connectivity index (χ2n) is 5.71. The summed E-state index contributed by atoms with van der Waals surface area (Å²) in [6, 6.07) is 22.0. The van der Waals surface area contributed by atoms with Crippen molar-refractivity contribution in [3.05, 3.63) is 88.1 Å². The molecule has 26 heavy (non-hydrogen) atoms. The third-order valence-electron chi connectivity index (χ3n) is 3.88. The highest BCUT2D eigenvalue weighted by Crippen LogP contribution is 2.32. The average molecular weight is 467 g/mol. The Morgan fingerprint density at radius 2 is 1.04 bits per heavy atom. The minimum Gasteiger partial charge on any atom is -0.255 e. The monoisotopic (exact) mass is 465 g/mol. The van der Waals surface area contributed by atoms with E-state index >= 15 is 0 Å². The van der Waals surface area contributed by atoms with Crippen LogP contribution < -0.4 is 0 Å². The standard InChI is InChI=1S/C21H13Br2N3/c22-16-9-14(10-17(23)13-16)15-11-20(18-5-1-3-7-24-18)26-21(12-15)19-6-2-4-8-25-19/h1-13H. The van der Waals surface area contributed by atoms with Gasteiger partial charge in [-0.2, -0.15) is 0 Å². The van der Waals surface area contributed by atoms with Crippen LogP contribution >= 0.6 is 31.9 Å². The summed E-state index contributed by atoms with van der Waals surface area (Å²) in [7, 11) is 0. The fourth-order valence-electron chi connectivity index (χ4n) is 2.71. The summed E-state index contributed by atoms with van der Waals surface area (Å²) in [5.41, 5.74) is 5.45. The summed E-state index contributed by atoms with van der Waals surface area (Å²) in [6.45, 7) is 0. The van der Waals surface area contributed by atoms with Crippen molar-refractivity contribution in [1.29, 1.82) is 0 Å². The molecule has 0 saturated heterocycles. The van der Waals surface area contributed by atoms with Crippen molar-refractivity contribution in [2.24, 2.45) is 0 Å². The summed E-state index contributed by atoms with van der Waals surface area (Å²) in [6.07, 6.45) is 3.56. The van der Waals surface area contributed by atoms with Crippen LogP contribution in [0.15, 0.2) is 88.1 Å². The van der Waals surface area contributed by atoms with Crippen LogP contribution in [0.3, 0.4) is 0 Å². The SMILES string of the molecule is Brc1cc(Br)cc(-c2cc(-c3ccccn3)nc(-c3ccccn3)c2)c1. The zero-order valence-corrected chi connectivity index (χ0v) is 16.8. The molecule has 5 heteroatoms. The topological polar surface area (TPSA) is 38.7 Å². The van der Waals surface area contributed by atoms with E-state index in [0.29, 0.717) is 0 Å². The molecule has 0 unspecified atom stereocenters. The van der Waals surface area contributed by atoms with Crippen LogP contribution in [-0.4, -0.2) is 15.0 Å². The molecule has 126 valence electrons. The lowest BCUT2D eigenvalue weighted by atomic mass is 10.0. The highest BCUT2D eigenvalue weighted by atomic mass is 79.9. The van der Waals surface area contributed by atoms with E-state index in [1.165, 1.54) is 0 Å². The van der Waals surface area contributed by atoms with Gasteiger partial charge in [-0.3, -0.25) is 9.97 Å². The molecular formula is C21H13Br2N3. The largest absolute Gasteiger partial charge is 0.255 e. The first kappa shape index (κ1) is 17.1. The maximum absolute atomic E-state index is 4.80. The third kappa shape index (κ3) is 3.74. The van der Waals surface area contributed by atoms with Crippen LogP contribution in [0.4, 0.5) is 0 Å². The number of aromatic nitrogens is 3. The summed E-state index contributed by atoms with van der Waals surface area (Å²) < 4.78 is 2.02. The van der Waals surface area contributed by atoms with E-state index < -0.39 is 0 Å². The van der Waals surface area contributed by atoms with Crippen molar-refractivity contribution in [2.75, 3.05) is 0 Å². The van der Waals surface area contributed by atoms with E-state index in [1.54, 1.807) is 12.4 Å². The molecule has 0 aliphatic rings. The van der Waals surface area contributed by atoms with Crippen LogP contribution in [0.5, 0.6) is 0 Å². The van der Waals surface area contributed by atoms with E-state index in [0.717, 1.165) is 42.8 Å². The van der Waals surface area contributed by atoms with Crippen molar-refractivity contribution in [3.63, 3.8) is 0 Å². The normalized spacial score (nSPS) is 10.7. The first-order chi connectivity index (χ1) is 12.7. The number of rotatable bonds is 3. The summed E-state index contributed by atoms with van der Waals surface area (Å²) in [5.74, 6) is 0. The molecule has 0 bridgehead atoms. The first-order valence-electron chi connectivity index (χ1n) is 8.00. The molecule has 3 aromatic heterocycles. The van der Waals surface area contributed by atoms with E-state index in [-0.39, 0.29) is 0 Å². The van der Waals surface area contributed by atoms with Crippen LogP contribution in [-0.2, 0) is 0 Å². The molecule has 0 saturated carbocycles. The van der Waals surface area contributed by atoms with E-state index in [1.807, 2.05) is 42.5 Å². The van der Waals surface area contributed by atoms with Gasteiger partial charge in [-0.1, -0.05) is 44.0 Å². The number of hydrogen-bond acceptors (Lipinski definition) is 3. The molecule has 0 N–H and O–H groups in total. The predicted molar refractivity (Wildman–Crippen MR) is 112 cm³/mol. The smallest absolute Gasteiger partial charge is 0.0900 e. The Morgan fingerprint density at radius 1 is 0.538 bits per heavy atom. The Morgan fingerprint density at radius 3 is 1.50 bits per heavy atom. The highest BCUT2D eigenvalue weighted by molar-refractivity contribution is 9.11. The van der Waals surface area contributed by atoms with Gasteiger partial charge in [0.2, 0.25) is 0 Å². The zero-order valence-electron chi connectivity index (χ0n) is 13.6. The lowest BCUT2D eigenvalue weighted by Gasteiger charge is -2.10. The fraction of sp³-hybridized carbons (Fsp3) is 0. The lowest BCUT2D eigenvalue weighted by molar-refractivity contribution is 1.22. The fourth-order valence-corrected chi connectivity index (χ4v) is 4.00. The van der Waals surface area contributed by atoms with Gasteiger partial charge in [0.1, 0.15) is 0 Å². The molecule has 4 rings (SSSR count). The molecule has 0 radical (unpaired) electrons. The van der Waals surface area contributed by atoms with E-state index in [4.69, 9.17) is 4.98 Å². The Hall–Kier alpha value is -2.37. The lowest BCUT2D eigenvalue weighted by Crippen LogP contribution is -1.94. The van der Waals surface area contributed by atoms with Gasteiger partial charge in [0, 0.05) is 21.3 Å². The molecule has 0 fully saturated rings. The Labute approximate surface area is 168 Å². The van der Waals surface area contributed by atoms with Crippen molar-refractivity contribution >= 4 is 31.9 Å². The Bertz CT molecular complexity index is 973. The molecule has 3 nitrogen and oxygen atoms in total. The molecule has 0 amide bonds. The zero-order chi connectivity index (χ0) is 17.9. The molecule has 3 heterocycles. The molecule has 0 spiro atoms. The van der Waals surface area contributed by atoms with Crippen molar-refractivity contribution in [3.8, 4) is 33.9 Å². The molecule has 0 aliphatic heterocycles. The van der Waals surface area contributed by atoms with Gasteiger partial charge in [-0.05, 0) is 65.7 Å². The molecule has 1 aromatic carbocycles. The van der Waals surface area contributed by atoms with Gasteiger partial charge in [0.15, 0.2) is 0 Å².